The Morgan fingerprint density at radius 2 is 2.00 bits per heavy atom. The first-order chi connectivity index (χ1) is 14.7. The number of carbonyl (C=O) groups excluding carboxylic acids is 2. The number of hydrogen-bond acceptors (Lipinski definition) is 10. The lowest BCUT2D eigenvalue weighted by atomic mass is 10.2. The standard InChI is InChI=1S/C18H15ClN4O5S3/c1-28-17(25)10-4-2-3-5-11(10)22-14(24)9-29-18-21-8-12(16(20)23-18)31(26,27)15-7-6-13(19)30-15/h2-8H,9H2,1H3,(H,22,24)(H2,20,21,23). The molecule has 0 atom stereocenters. The minimum atomic E-state index is -3.90. The van der Waals surface area contributed by atoms with Crippen molar-refractivity contribution in [2.24, 2.45) is 0 Å². The van der Waals surface area contributed by atoms with Crippen LogP contribution in [0, 0.1) is 0 Å². The van der Waals surface area contributed by atoms with Crippen LogP contribution in [-0.4, -0.2) is 43.1 Å². The number of nitrogen functional groups attached to an aromatic ring is 1. The summed E-state index contributed by atoms with van der Waals surface area (Å²) in [5.41, 5.74) is 6.34. The number of esters is 1. The van der Waals surface area contributed by atoms with Gasteiger partial charge in [0.05, 0.1) is 34.6 Å². The zero-order valence-corrected chi connectivity index (χ0v) is 19.1. The highest BCUT2D eigenvalue weighted by atomic mass is 35.5. The molecule has 2 aromatic heterocycles. The molecular formula is C18H15ClN4O5S3. The van der Waals surface area contributed by atoms with Crippen LogP contribution >= 0.6 is 34.7 Å². The molecular weight excluding hydrogens is 484 g/mol. The number of rotatable bonds is 7. The molecule has 13 heteroatoms. The van der Waals surface area contributed by atoms with Gasteiger partial charge in [0.2, 0.25) is 15.7 Å². The predicted octanol–water partition coefficient (Wildman–Crippen LogP) is 3.12. The molecule has 0 bridgehead atoms. The summed E-state index contributed by atoms with van der Waals surface area (Å²) in [7, 11) is -2.66. The maximum atomic E-state index is 12.6. The number of nitrogens with zero attached hydrogens (tertiary/aromatic N) is 2. The van der Waals surface area contributed by atoms with Crippen LogP contribution in [0.3, 0.4) is 0 Å². The summed E-state index contributed by atoms with van der Waals surface area (Å²) in [6, 6.07) is 9.25. The van der Waals surface area contributed by atoms with Crippen molar-refractivity contribution in [3.8, 4) is 0 Å². The van der Waals surface area contributed by atoms with E-state index in [-0.39, 0.29) is 31.4 Å². The minimum Gasteiger partial charge on any atom is -0.465 e. The molecule has 0 aliphatic rings. The van der Waals surface area contributed by atoms with Crippen LogP contribution in [0.1, 0.15) is 10.4 Å². The molecule has 1 aromatic carbocycles. The lowest BCUT2D eigenvalue weighted by Crippen LogP contribution is -2.17. The molecule has 162 valence electrons. The summed E-state index contributed by atoms with van der Waals surface area (Å²) >= 11 is 7.66. The predicted molar refractivity (Wildman–Crippen MR) is 118 cm³/mol. The minimum absolute atomic E-state index is 0.0249. The third-order valence-corrected chi connectivity index (χ3v) is 8.16. The van der Waals surface area contributed by atoms with Gasteiger partial charge in [0.25, 0.3) is 0 Å². The third-order valence-electron chi connectivity index (χ3n) is 3.80. The average Bonchev–Trinajstić information content (AvgIpc) is 3.19. The van der Waals surface area contributed by atoms with Gasteiger partial charge in [-0.2, -0.15) is 0 Å². The quantitative estimate of drug-likeness (QED) is 0.285. The summed E-state index contributed by atoms with van der Waals surface area (Å²) in [5.74, 6) is -1.34. The smallest absolute Gasteiger partial charge is 0.339 e. The Labute approximate surface area is 190 Å². The van der Waals surface area contributed by atoms with Crippen molar-refractivity contribution in [1.82, 2.24) is 9.97 Å². The van der Waals surface area contributed by atoms with Gasteiger partial charge in [-0.3, -0.25) is 4.79 Å². The van der Waals surface area contributed by atoms with Gasteiger partial charge in [0.15, 0.2) is 5.16 Å². The summed E-state index contributed by atoms with van der Waals surface area (Å²) in [6.45, 7) is 0. The molecule has 3 rings (SSSR count). The van der Waals surface area contributed by atoms with Gasteiger partial charge in [0.1, 0.15) is 14.9 Å². The van der Waals surface area contributed by atoms with Crippen molar-refractivity contribution in [2.75, 3.05) is 23.9 Å². The van der Waals surface area contributed by atoms with Crippen molar-refractivity contribution >= 4 is 67.9 Å². The number of halogens is 1. The van der Waals surface area contributed by atoms with Gasteiger partial charge in [-0.1, -0.05) is 35.5 Å². The van der Waals surface area contributed by atoms with Crippen LogP contribution in [0.2, 0.25) is 4.34 Å². The number of nitrogens with one attached hydrogen (secondary N) is 1. The van der Waals surface area contributed by atoms with Crippen LogP contribution in [0.25, 0.3) is 0 Å². The number of thiophene rings is 1. The van der Waals surface area contributed by atoms with E-state index >= 15 is 0 Å². The highest BCUT2D eigenvalue weighted by molar-refractivity contribution is 7.99. The van der Waals surface area contributed by atoms with E-state index in [1.807, 2.05) is 0 Å². The number of para-hydroxylation sites is 1. The van der Waals surface area contributed by atoms with Gasteiger partial charge < -0.3 is 15.8 Å². The maximum absolute atomic E-state index is 12.6. The fraction of sp³-hybridized carbons (Fsp3) is 0.111. The Morgan fingerprint density at radius 3 is 2.65 bits per heavy atom. The summed E-state index contributed by atoms with van der Waals surface area (Å²) < 4.78 is 30.3. The van der Waals surface area contributed by atoms with Gasteiger partial charge in [-0.15, -0.1) is 11.3 Å². The van der Waals surface area contributed by atoms with Crippen LogP contribution in [0.15, 0.2) is 56.9 Å². The van der Waals surface area contributed by atoms with Crippen LogP contribution in [-0.2, 0) is 19.4 Å². The average molecular weight is 499 g/mol. The largest absolute Gasteiger partial charge is 0.465 e. The molecule has 0 radical (unpaired) electrons. The fourth-order valence-corrected chi connectivity index (χ4v) is 5.88. The molecule has 0 saturated carbocycles. The highest BCUT2D eigenvalue weighted by Crippen LogP contribution is 2.32. The van der Waals surface area contributed by atoms with Crippen molar-refractivity contribution < 1.29 is 22.7 Å². The van der Waals surface area contributed by atoms with Crippen molar-refractivity contribution in [3.05, 3.63) is 52.5 Å². The molecule has 0 aliphatic carbocycles. The number of ether oxygens (including phenoxy) is 1. The lowest BCUT2D eigenvalue weighted by molar-refractivity contribution is -0.113. The molecule has 1 amide bonds. The Balaban J connectivity index is 1.69. The van der Waals surface area contributed by atoms with E-state index in [1.165, 1.54) is 25.3 Å². The topological polar surface area (TPSA) is 141 Å². The number of nitrogens with two attached hydrogens (primary N) is 1. The summed E-state index contributed by atoms with van der Waals surface area (Å²) in [5, 5.41) is 2.74. The molecule has 0 unspecified atom stereocenters. The number of thioether (sulfide) groups is 1. The van der Waals surface area contributed by atoms with E-state index in [0.717, 1.165) is 29.3 Å². The Morgan fingerprint density at radius 1 is 1.26 bits per heavy atom. The zero-order valence-electron chi connectivity index (χ0n) is 15.9. The number of carbonyl (C=O) groups is 2. The number of hydrogen-bond donors (Lipinski definition) is 2. The van der Waals surface area contributed by atoms with Crippen molar-refractivity contribution in [3.63, 3.8) is 0 Å². The molecule has 0 saturated heterocycles. The van der Waals surface area contributed by atoms with E-state index in [9.17, 15) is 18.0 Å². The molecule has 0 fully saturated rings. The Kier molecular flexibility index (Phi) is 7.15. The van der Waals surface area contributed by atoms with E-state index in [2.05, 4.69) is 20.0 Å². The number of sulfone groups is 1. The van der Waals surface area contributed by atoms with Crippen LogP contribution < -0.4 is 11.1 Å². The van der Waals surface area contributed by atoms with Crippen molar-refractivity contribution in [1.29, 1.82) is 0 Å². The molecule has 0 spiro atoms. The van der Waals surface area contributed by atoms with E-state index in [0.29, 0.717) is 10.0 Å². The van der Waals surface area contributed by atoms with Crippen LogP contribution in [0.5, 0.6) is 0 Å². The number of anilines is 2. The second-order valence-corrected chi connectivity index (χ2v) is 10.6. The van der Waals surface area contributed by atoms with E-state index in [4.69, 9.17) is 17.3 Å². The second kappa shape index (κ2) is 9.64. The first-order valence-electron chi connectivity index (χ1n) is 8.45. The summed E-state index contributed by atoms with van der Waals surface area (Å²) in [4.78, 5) is 31.8. The SMILES string of the molecule is COC(=O)c1ccccc1NC(=O)CSc1ncc(S(=O)(=O)c2ccc(Cl)s2)c(N)n1. The molecule has 3 N–H and O–H groups in total. The number of benzene rings is 1. The normalized spacial score (nSPS) is 11.2. The summed E-state index contributed by atoms with van der Waals surface area (Å²) in [6.07, 6.45) is 1.10. The number of aromatic nitrogens is 2. The maximum Gasteiger partial charge on any atom is 0.339 e. The monoisotopic (exact) mass is 498 g/mol. The van der Waals surface area contributed by atoms with Crippen LogP contribution in [0.4, 0.5) is 11.5 Å². The molecule has 9 nitrogen and oxygen atoms in total. The first-order valence-corrected chi connectivity index (χ1v) is 12.1. The van der Waals surface area contributed by atoms with Gasteiger partial charge >= 0.3 is 5.97 Å². The Hall–Kier alpha value is -2.67. The van der Waals surface area contributed by atoms with Crippen molar-refractivity contribution in [2.45, 2.75) is 14.3 Å². The lowest BCUT2D eigenvalue weighted by Gasteiger charge is -2.09. The number of amides is 1. The molecule has 2 heterocycles. The van der Waals surface area contributed by atoms with Gasteiger partial charge in [-0.25, -0.2) is 23.2 Å². The molecule has 0 aliphatic heterocycles. The second-order valence-electron chi connectivity index (χ2n) is 5.84. The third kappa shape index (κ3) is 5.34. The number of methoxy groups -OCH3 is 1. The zero-order chi connectivity index (χ0) is 22.6. The molecule has 3 aromatic rings. The fourth-order valence-electron chi connectivity index (χ4n) is 2.39. The van der Waals surface area contributed by atoms with E-state index in [1.54, 1.807) is 18.2 Å². The van der Waals surface area contributed by atoms with Gasteiger partial charge in [0, 0.05) is 0 Å². The van der Waals surface area contributed by atoms with E-state index < -0.39 is 21.7 Å². The van der Waals surface area contributed by atoms with Gasteiger partial charge in [-0.05, 0) is 24.3 Å². The highest BCUT2D eigenvalue weighted by Gasteiger charge is 2.24. The first kappa shape index (κ1) is 23.0. The molecule has 31 heavy (non-hydrogen) atoms. The Bertz CT molecular complexity index is 1250.